The van der Waals surface area contributed by atoms with Crippen LogP contribution < -0.4 is 9.47 Å². The summed E-state index contributed by atoms with van der Waals surface area (Å²) in [4.78, 5) is 10.9. The van der Waals surface area contributed by atoms with Crippen molar-refractivity contribution < 1.29 is 19.4 Å². The summed E-state index contributed by atoms with van der Waals surface area (Å²) in [6.07, 6.45) is 5.31. The number of benzene rings is 3. The molecule has 34 heavy (non-hydrogen) atoms. The molecule has 4 heteroatoms. The molecule has 0 aromatic heterocycles. The van der Waals surface area contributed by atoms with Gasteiger partial charge < -0.3 is 14.6 Å². The number of carbonyl (C=O) groups is 1. The van der Waals surface area contributed by atoms with Crippen LogP contribution >= 0.6 is 0 Å². The number of hydrogen-bond donors (Lipinski definition) is 1. The first-order chi connectivity index (χ1) is 16.4. The molecule has 0 radical (unpaired) electrons. The Bertz CT molecular complexity index is 1140. The second kappa shape index (κ2) is 10.4. The number of hydrogen-bond acceptors (Lipinski definition) is 4. The van der Waals surface area contributed by atoms with Gasteiger partial charge in [0.25, 0.3) is 0 Å². The minimum absolute atomic E-state index is 0.463. The molecule has 0 unspecified atom stereocenters. The van der Waals surface area contributed by atoms with Gasteiger partial charge in [-0.05, 0) is 109 Å². The lowest BCUT2D eigenvalue weighted by Crippen LogP contribution is -2.38. The van der Waals surface area contributed by atoms with E-state index in [-0.39, 0.29) is 0 Å². The molecule has 0 heterocycles. The molecule has 0 bridgehead atoms. The van der Waals surface area contributed by atoms with Gasteiger partial charge in [-0.25, -0.2) is 0 Å². The summed E-state index contributed by atoms with van der Waals surface area (Å²) in [7, 11) is 0. The number of carbonyl (C=O) groups excluding carboxylic acids is 1. The van der Waals surface area contributed by atoms with Crippen molar-refractivity contribution in [2.45, 2.75) is 65.1 Å². The highest BCUT2D eigenvalue weighted by Gasteiger charge is 2.33. The van der Waals surface area contributed by atoms with Crippen LogP contribution in [-0.4, -0.2) is 23.6 Å². The third-order valence-electron chi connectivity index (χ3n) is 7.02. The van der Waals surface area contributed by atoms with E-state index in [1.807, 2.05) is 12.1 Å². The van der Waals surface area contributed by atoms with E-state index in [1.54, 1.807) is 12.1 Å². The lowest BCUT2D eigenvalue weighted by Gasteiger charge is -2.36. The predicted molar refractivity (Wildman–Crippen MR) is 136 cm³/mol. The van der Waals surface area contributed by atoms with E-state index < -0.39 is 5.60 Å². The molecule has 178 valence electrons. The minimum atomic E-state index is -0.515. The van der Waals surface area contributed by atoms with Crippen molar-refractivity contribution in [3.63, 3.8) is 0 Å². The fourth-order valence-corrected chi connectivity index (χ4v) is 4.68. The zero-order valence-electron chi connectivity index (χ0n) is 20.4. The highest BCUT2D eigenvalue weighted by atomic mass is 16.5. The van der Waals surface area contributed by atoms with Gasteiger partial charge in [-0.3, -0.25) is 4.79 Å². The van der Waals surface area contributed by atoms with E-state index in [2.05, 4.69) is 51.1 Å². The largest absolute Gasteiger partial charge is 0.493 e. The van der Waals surface area contributed by atoms with Crippen molar-refractivity contribution in [1.29, 1.82) is 0 Å². The predicted octanol–water partition coefficient (Wildman–Crippen LogP) is 6.61. The summed E-state index contributed by atoms with van der Waals surface area (Å²) in [6.45, 7) is 7.46. The quantitative estimate of drug-likeness (QED) is 0.347. The van der Waals surface area contributed by atoms with E-state index in [4.69, 9.17) is 9.47 Å². The summed E-state index contributed by atoms with van der Waals surface area (Å²) in [5.41, 5.74) is 7.35. The Hall–Kier alpha value is -3.11. The van der Waals surface area contributed by atoms with Crippen LogP contribution in [0.2, 0.25) is 0 Å². The first-order valence-electron chi connectivity index (χ1n) is 12.2. The number of aliphatic hydroxyl groups is 1. The van der Waals surface area contributed by atoms with Crippen LogP contribution in [0.5, 0.6) is 11.5 Å². The maximum atomic E-state index is 10.9. The normalized spacial score (nSPS) is 14.4. The lowest BCUT2D eigenvalue weighted by molar-refractivity contribution is -0.0482. The molecule has 0 spiro atoms. The fraction of sp³-hybridized carbons (Fsp3) is 0.367. The zero-order chi connectivity index (χ0) is 24.1. The lowest BCUT2D eigenvalue weighted by atomic mass is 9.78. The van der Waals surface area contributed by atoms with Gasteiger partial charge in [0, 0.05) is 12.0 Å². The van der Waals surface area contributed by atoms with Gasteiger partial charge in [0.2, 0.25) is 0 Å². The monoisotopic (exact) mass is 458 g/mol. The highest BCUT2D eigenvalue weighted by molar-refractivity contribution is 5.76. The van der Waals surface area contributed by atoms with Gasteiger partial charge in [0.05, 0.1) is 12.2 Å². The summed E-state index contributed by atoms with van der Waals surface area (Å²) < 4.78 is 12.0. The van der Waals surface area contributed by atoms with Crippen molar-refractivity contribution in [1.82, 2.24) is 0 Å². The second-order valence-electron chi connectivity index (χ2n) is 9.37. The van der Waals surface area contributed by atoms with Crippen LogP contribution in [0, 0.1) is 13.8 Å². The Morgan fingerprint density at radius 1 is 0.971 bits per heavy atom. The Kier molecular flexibility index (Phi) is 7.38. The molecule has 4 nitrogen and oxygen atoms in total. The van der Waals surface area contributed by atoms with Crippen LogP contribution in [-0.2, 0) is 13.0 Å². The van der Waals surface area contributed by atoms with Crippen molar-refractivity contribution in [2.75, 3.05) is 6.61 Å². The smallest absolute Gasteiger partial charge is 0.150 e. The van der Waals surface area contributed by atoms with Crippen molar-refractivity contribution >= 4 is 6.29 Å². The molecule has 0 amide bonds. The number of aryl methyl sites for hydroxylation is 2. The Morgan fingerprint density at radius 3 is 2.38 bits per heavy atom. The molecule has 3 aromatic carbocycles. The van der Waals surface area contributed by atoms with Crippen molar-refractivity contribution in [3.8, 4) is 22.6 Å². The average Bonchev–Trinajstić information content (AvgIpc) is 2.82. The topological polar surface area (TPSA) is 55.8 Å². The molecule has 0 atom stereocenters. The Labute approximate surface area is 202 Å². The molecule has 1 N–H and O–H groups in total. The standard InChI is InChI=1S/C30H34O4/c1-4-24-18-27(33-16-15-30(32)13-6-14-30)17-21(2)29(24)28-8-5-7-25(22(28)3)20-34-26-11-9-23(19-31)10-12-26/h5,7-12,17-19,32H,4,6,13-16,20H2,1-3H3. The van der Waals surface area contributed by atoms with E-state index in [0.717, 1.165) is 49.0 Å². The van der Waals surface area contributed by atoms with E-state index >= 15 is 0 Å². The molecule has 4 rings (SSSR count). The number of ether oxygens (including phenoxy) is 2. The van der Waals surface area contributed by atoms with Crippen LogP contribution in [0.25, 0.3) is 11.1 Å². The van der Waals surface area contributed by atoms with Crippen LogP contribution in [0.1, 0.15) is 65.2 Å². The molecule has 3 aromatic rings. The molecule has 1 saturated carbocycles. The molecule has 0 saturated heterocycles. The van der Waals surface area contributed by atoms with Crippen molar-refractivity contribution in [3.05, 3.63) is 82.4 Å². The second-order valence-corrected chi connectivity index (χ2v) is 9.37. The summed E-state index contributed by atoms with van der Waals surface area (Å²) >= 11 is 0. The molecular formula is C30H34O4. The maximum absolute atomic E-state index is 10.9. The van der Waals surface area contributed by atoms with Gasteiger partial charge in [0.15, 0.2) is 0 Å². The average molecular weight is 459 g/mol. The van der Waals surface area contributed by atoms with E-state index in [0.29, 0.717) is 25.2 Å². The van der Waals surface area contributed by atoms with Crippen LogP contribution in [0.15, 0.2) is 54.6 Å². The molecule has 0 aliphatic heterocycles. The maximum Gasteiger partial charge on any atom is 0.150 e. The third-order valence-corrected chi connectivity index (χ3v) is 7.02. The van der Waals surface area contributed by atoms with Gasteiger partial charge in [0.1, 0.15) is 24.4 Å². The van der Waals surface area contributed by atoms with Gasteiger partial charge in [-0.1, -0.05) is 25.1 Å². The summed E-state index contributed by atoms with van der Waals surface area (Å²) in [5.74, 6) is 1.62. The molecular weight excluding hydrogens is 424 g/mol. The Balaban J connectivity index is 1.52. The zero-order valence-corrected chi connectivity index (χ0v) is 20.4. The van der Waals surface area contributed by atoms with E-state index in [9.17, 15) is 9.90 Å². The number of aldehydes is 1. The third kappa shape index (κ3) is 5.34. The molecule has 1 fully saturated rings. The fourth-order valence-electron chi connectivity index (χ4n) is 4.68. The van der Waals surface area contributed by atoms with Gasteiger partial charge in [-0.15, -0.1) is 0 Å². The minimum Gasteiger partial charge on any atom is -0.493 e. The van der Waals surface area contributed by atoms with Gasteiger partial charge >= 0.3 is 0 Å². The van der Waals surface area contributed by atoms with Crippen molar-refractivity contribution in [2.24, 2.45) is 0 Å². The Morgan fingerprint density at radius 2 is 1.74 bits per heavy atom. The summed E-state index contributed by atoms with van der Waals surface area (Å²) in [6, 6.07) is 17.8. The first-order valence-corrected chi connectivity index (χ1v) is 12.2. The van der Waals surface area contributed by atoms with Crippen LogP contribution in [0.3, 0.4) is 0 Å². The van der Waals surface area contributed by atoms with Gasteiger partial charge in [-0.2, -0.15) is 0 Å². The molecule has 1 aliphatic carbocycles. The first kappa shape index (κ1) is 24.0. The SMILES string of the molecule is CCc1cc(OCCC2(O)CCC2)cc(C)c1-c1cccc(COc2ccc(C=O)cc2)c1C. The summed E-state index contributed by atoms with van der Waals surface area (Å²) in [5, 5.41) is 10.3. The molecule has 1 aliphatic rings. The van der Waals surface area contributed by atoms with E-state index in [1.165, 1.54) is 27.8 Å². The van der Waals surface area contributed by atoms with Crippen LogP contribution in [0.4, 0.5) is 0 Å². The number of rotatable bonds is 10. The highest BCUT2D eigenvalue weighted by Crippen LogP contribution is 2.37.